The maximum Gasteiger partial charge on any atom is 0.339 e. The standard InChI is InChI=1S/C29H29NO6S/c1-17-19(11-12-27(31)30-23(28(32)33)16-37-15-18-7-3-2-4-8-18)29(34)36-25-14-26-22(13-21(17)25)20-9-5-6-10-24(20)35-26/h2-4,7-8,13-14,23H,5-6,9-12,15-16H2,1H3,(H,30,31)(H,32,33)/p-1/t23-/m0/s1. The smallest absolute Gasteiger partial charge is 0.339 e. The minimum Gasteiger partial charge on any atom is -0.548 e. The van der Waals surface area contributed by atoms with E-state index in [0.29, 0.717) is 16.9 Å². The molecule has 0 radical (unpaired) electrons. The van der Waals surface area contributed by atoms with Gasteiger partial charge in [-0.3, -0.25) is 4.79 Å². The van der Waals surface area contributed by atoms with Crippen LogP contribution in [-0.2, 0) is 34.6 Å². The van der Waals surface area contributed by atoms with Crippen LogP contribution in [0.1, 0.15) is 47.3 Å². The Morgan fingerprint density at radius 1 is 1.05 bits per heavy atom. The van der Waals surface area contributed by atoms with Crippen LogP contribution in [0.2, 0.25) is 0 Å². The average molecular weight is 519 g/mol. The number of nitrogens with one attached hydrogen (secondary N) is 1. The van der Waals surface area contributed by atoms with Gasteiger partial charge in [-0.2, -0.15) is 11.8 Å². The number of thioether (sulfide) groups is 1. The molecular weight excluding hydrogens is 490 g/mol. The largest absolute Gasteiger partial charge is 0.548 e. The second-order valence-corrected chi connectivity index (χ2v) is 10.5. The van der Waals surface area contributed by atoms with Gasteiger partial charge < -0.3 is 24.1 Å². The number of furan rings is 1. The van der Waals surface area contributed by atoms with Crippen molar-refractivity contribution in [2.45, 2.75) is 57.2 Å². The van der Waals surface area contributed by atoms with Crippen LogP contribution in [0.25, 0.3) is 21.9 Å². The zero-order chi connectivity index (χ0) is 25.9. The molecule has 0 spiro atoms. The fourth-order valence-electron chi connectivity index (χ4n) is 4.98. The van der Waals surface area contributed by atoms with E-state index in [-0.39, 0.29) is 18.6 Å². The van der Waals surface area contributed by atoms with Crippen molar-refractivity contribution in [3.63, 3.8) is 0 Å². The maximum atomic E-state index is 12.8. The van der Waals surface area contributed by atoms with Crippen molar-refractivity contribution >= 4 is 45.6 Å². The number of carboxylic acid groups (broad SMARTS) is 1. The Bertz CT molecular complexity index is 1520. The van der Waals surface area contributed by atoms with Crippen molar-refractivity contribution in [3.8, 4) is 0 Å². The molecule has 7 nitrogen and oxygen atoms in total. The predicted molar refractivity (Wildman–Crippen MR) is 141 cm³/mol. The monoisotopic (exact) mass is 518 g/mol. The minimum atomic E-state index is -1.33. The average Bonchev–Trinajstić information content (AvgIpc) is 3.25. The van der Waals surface area contributed by atoms with E-state index in [2.05, 4.69) is 5.32 Å². The van der Waals surface area contributed by atoms with Crippen LogP contribution in [0.5, 0.6) is 0 Å². The molecule has 4 aromatic rings. The van der Waals surface area contributed by atoms with Gasteiger partial charge in [0, 0.05) is 52.3 Å². The maximum absolute atomic E-state index is 12.8. The van der Waals surface area contributed by atoms with Crippen LogP contribution in [0.4, 0.5) is 0 Å². The van der Waals surface area contributed by atoms with Gasteiger partial charge in [0.2, 0.25) is 5.91 Å². The summed E-state index contributed by atoms with van der Waals surface area (Å²) in [7, 11) is 0. The van der Waals surface area contributed by atoms with E-state index < -0.39 is 23.5 Å². The lowest BCUT2D eigenvalue weighted by Crippen LogP contribution is -2.49. The first kappa shape index (κ1) is 25.1. The van der Waals surface area contributed by atoms with E-state index in [0.717, 1.165) is 58.9 Å². The Morgan fingerprint density at radius 2 is 1.81 bits per heavy atom. The van der Waals surface area contributed by atoms with Gasteiger partial charge in [-0.25, -0.2) is 4.79 Å². The van der Waals surface area contributed by atoms with Crippen LogP contribution >= 0.6 is 11.8 Å². The van der Waals surface area contributed by atoms with E-state index in [1.165, 1.54) is 17.3 Å². The number of hydrogen-bond donors (Lipinski definition) is 1. The molecule has 1 atom stereocenters. The Hall–Kier alpha value is -3.52. The number of carbonyl (C=O) groups is 2. The summed E-state index contributed by atoms with van der Waals surface area (Å²) in [6.45, 7) is 1.86. The lowest BCUT2D eigenvalue weighted by Gasteiger charge is -2.19. The molecule has 0 saturated carbocycles. The molecule has 1 N–H and O–H groups in total. The molecule has 2 aromatic heterocycles. The Balaban J connectivity index is 1.28. The minimum absolute atomic E-state index is 0.0341. The van der Waals surface area contributed by atoms with Gasteiger partial charge in [0.05, 0.1) is 12.0 Å². The van der Waals surface area contributed by atoms with Crippen LogP contribution in [0.15, 0.2) is 56.1 Å². The molecule has 1 aliphatic carbocycles. The normalized spacial score (nSPS) is 14.0. The first-order valence-corrected chi connectivity index (χ1v) is 13.7. The number of amides is 1. The molecule has 192 valence electrons. The Morgan fingerprint density at radius 3 is 2.59 bits per heavy atom. The van der Waals surface area contributed by atoms with Crippen molar-refractivity contribution in [2.75, 3.05) is 5.75 Å². The second kappa shape index (κ2) is 10.8. The molecule has 0 saturated heterocycles. The highest BCUT2D eigenvalue weighted by atomic mass is 32.2. The lowest BCUT2D eigenvalue weighted by atomic mass is 9.94. The van der Waals surface area contributed by atoms with Gasteiger partial charge in [0.15, 0.2) is 0 Å². The zero-order valence-corrected chi connectivity index (χ0v) is 21.4. The third-order valence-corrected chi connectivity index (χ3v) is 8.09. The highest BCUT2D eigenvalue weighted by Gasteiger charge is 2.21. The molecule has 0 fully saturated rings. The van der Waals surface area contributed by atoms with E-state index in [9.17, 15) is 19.5 Å². The fourth-order valence-corrected chi connectivity index (χ4v) is 5.98. The number of carbonyl (C=O) groups excluding carboxylic acids is 2. The number of aliphatic carboxylic acids is 1. The third kappa shape index (κ3) is 5.44. The molecular formula is C29H28NO6S-. The summed E-state index contributed by atoms with van der Waals surface area (Å²) in [4.78, 5) is 36.9. The summed E-state index contributed by atoms with van der Waals surface area (Å²) in [5.74, 6) is 0.0456. The summed E-state index contributed by atoms with van der Waals surface area (Å²) >= 11 is 1.41. The first-order chi connectivity index (χ1) is 17.9. The molecule has 2 heterocycles. The highest BCUT2D eigenvalue weighted by molar-refractivity contribution is 7.98. The van der Waals surface area contributed by atoms with Crippen molar-refractivity contribution in [1.29, 1.82) is 0 Å². The summed E-state index contributed by atoms with van der Waals surface area (Å²) in [6.07, 6.45) is 4.24. The molecule has 2 aromatic carbocycles. The molecule has 8 heteroatoms. The van der Waals surface area contributed by atoms with Gasteiger partial charge in [-0.15, -0.1) is 0 Å². The molecule has 37 heavy (non-hydrogen) atoms. The number of benzene rings is 2. The van der Waals surface area contributed by atoms with Crippen molar-refractivity contribution in [3.05, 3.63) is 80.9 Å². The van der Waals surface area contributed by atoms with Gasteiger partial charge in [0.25, 0.3) is 0 Å². The van der Waals surface area contributed by atoms with E-state index in [1.807, 2.05) is 43.3 Å². The molecule has 5 rings (SSSR count). The lowest BCUT2D eigenvalue weighted by molar-refractivity contribution is -0.307. The number of aryl methyl sites for hydroxylation is 3. The molecule has 1 amide bonds. The topological polar surface area (TPSA) is 113 Å². The summed E-state index contributed by atoms with van der Waals surface area (Å²) in [5, 5.41) is 16.0. The van der Waals surface area contributed by atoms with E-state index >= 15 is 0 Å². The number of hydrogen-bond acceptors (Lipinski definition) is 7. The summed E-state index contributed by atoms with van der Waals surface area (Å²) in [6, 6.07) is 12.4. The van der Waals surface area contributed by atoms with Crippen LogP contribution in [-0.4, -0.2) is 23.7 Å². The second-order valence-electron chi connectivity index (χ2n) is 9.49. The van der Waals surface area contributed by atoms with Crippen LogP contribution < -0.4 is 16.0 Å². The highest BCUT2D eigenvalue weighted by Crippen LogP contribution is 2.35. The van der Waals surface area contributed by atoms with Crippen LogP contribution in [0, 0.1) is 6.92 Å². The van der Waals surface area contributed by atoms with Crippen molar-refractivity contribution < 1.29 is 23.5 Å². The predicted octanol–water partition coefficient (Wildman–Crippen LogP) is 3.83. The van der Waals surface area contributed by atoms with Gasteiger partial charge in [-0.1, -0.05) is 30.3 Å². The van der Waals surface area contributed by atoms with Crippen LogP contribution in [0.3, 0.4) is 0 Å². The summed E-state index contributed by atoms with van der Waals surface area (Å²) < 4.78 is 11.6. The van der Waals surface area contributed by atoms with Gasteiger partial charge in [0.1, 0.15) is 16.9 Å². The fraction of sp³-hybridized carbons (Fsp3) is 0.345. The quantitative estimate of drug-likeness (QED) is 0.335. The van der Waals surface area contributed by atoms with Gasteiger partial charge >= 0.3 is 5.63 Å². The Labute approximate surface area is 218 Å². The zero-order valence-electron chi connectivity index (χ0n) is 20.6. The third-order valence-electron chi connectivity index (χ3n) is 6.98. The van der Waals surface area contributed by atoms with Gasteiger partial charge in [-0.05, 0) is 49.8 Å². The Kier molecular flexibility index (Phi) is 7.37. The first-order valence-electron chi connectivity index (χ1n) is 12.5. The van der Waals surface area contributed by atoms with E-state index in [1.54, 1.807) is 6.07 Å². The SMILES string of the molecule is Cc1c(CCC(=O)N[C@@H](CSCc2ccccc2)C(=O)[O-])c(=O)oc2cc3oc4c(c3cc12)CCCC4. The number of rotatable bonds is 9. The molecule has 0 unspecified atom stereocenters. The molecule has 0 bridgehead atoms. The van der Waals surface area contributed by atoms with Crippen molar-refractivity contribution in [1.82, 2.24) is 5.32 Å². The van der Waals surface area contributed by atoms with Crippen molar-refractivity contribution in [2.24, 2.45) is 0 Å². The van der Waals surface area contributed by atoms with E-state index in [4.69, 9.17) is 8.83 Å². The molecule has 0 aliphatic heterocycles. The molecule has 1 aliphatic rings. The summed E-state index contributed by atoms with van der Waals surface area (Å²) in [5.41, 5.74) is 4.18. The number of fused-ring (bicyclic) bond motifs is 4. The number of carboxylic acids is 1.